The molecule has 7 nitrogen and oxygen atoms in total. The zero-order valence-corrected chi connectivity index (χ0v) is 18.1. The number of halogens is 1. The van der Waals surface area contributed by atoms with Gasteiger partial charge in [0.15, 0.2) is 11.6 Å². The highest BCUT2D eigenvalue weighted by atomic mass is 19.1. The number of nitrogens with zero attached hydrogens (tertiary/aromatic N) is 3. The van der Waals surface area contributed by atoms with E-state index in [9.17, 15) is 14.0 Å². The van der Waals surface area contributed by atoms with Crippen molar-refractivity contribution in [3.63, 3.8) is 0 Å². The first-order chi connectivity index (χ1) is 15.0. The lowest BCUT2D eigenvalue weighted by Crippen LogP contribution is -2.56. The van der Waals surface area contributed by atoms with Gasteiger partial charge < -0.3 is 15.0 Å². The van der Waals surface area contributed by atoms with E-state index in [4.69, 9.17) is 4.74 Å². The van der Waals surface area contributed by atoms with Crippen molar-refractivity contribution in [3.05, 3.63) is 17.8 Å². The number of anilines is 1. The summed E-state index contributed by atoms with van der Waals surface area (Å²) in [6, 6.07) is 0.0654. The Labute approximate surface area is 182 Å². The van der Waals surface area contributed by atoms with Gasteiger partial charge in [0, 0.05) is 19.1 Å². The number of carbonyl (C=O) groups excluding carboxylic acids is 2. The first-order valence-electron chi connectivity index (χ1n) is 11.8. The van der Waals surface area contributed by atoms with Crippen molar-refractivity contribution in [2.45, 2.75) is 76.4 Å². The number of esters is 1. The summed E-state index contributed by atoms with van der Waals surface area (Å²) in [5.74, 6) is -0.110. The van der Waals surface area contributed by atoms with Crippen molar-refractivity contribution in [2.75, 3.05) is 18.0 Å². The fraction of sp³-hybridized carbons (Fsp3) is 0.739. The number of carbonyl (C=O) groups is 2. The van der Waals surface area contributed by atoms with E-state index in [2.05, 4.69) is 15.3 Å². The van der Waals surface area contributed by atoms with Crippen LogP contribution < -0.4 is 10.2 Å². The molecule has 2 unspecified atom stereocenters. The van der Waals surface area contributed by atoms with Gasteiger partial charge in [-0.2, -0.15) is 0 Å². The van der Waals surface area contributed by atoms with Gasteiger partial charge in [-0.25, -0.2) is 14.4 Å². The second-order valence-corrected chi connectivity index (χ2v) is 9.70. The van der Waals surface area contributed by atoms with Crippen LogP contribution in [-0.2, 0) is 20.7 Å². The highest BCUT2D eigenvalue weighted by Crippen LogP contribution is 2.45. The molecule has 4 atom stereocenters. The Hall–Kier alpha value is -2.25. The lowest BCUT2D eigenvalue weighted by atomic mass is 9.75. The quantitative estimate of drug-likeness (QED) is 0.740. The van der Waals surface area contributed by atoms with Crippen molar-refractivity contribution < 1.29 is 18.7 Å². The van der Waals surface area contributed by atoms with E-state index in [1.54, 1.807) is 0 Å². The lowest BCUT2D eigenvalue weighted by molar-refractivity contribution is -0.153. The molecule has 31 heavy (non-hydrogen) atoms. The van der Waals surface area contributed by atoms with Crippen LogP contribution in [0.3, 0.4) is 0 Å². The van der Waals surface area contributed by atoms with E-state index in [0.717, 1.165) is 44.9 Å². The molecule has 0 radical (unpaired) electrons. The predicted octanol–water partition coefficient (Wildman–Crippen LogP) is 2.78. The van der Waals surface area contributed by atoms with Gasteiger partial charge in [0.1, 0.15) is 11.9 Å². The van der Waals surface area contributed by atoms with E-state index < -0.39 is 5.60 Å². The van der Waals surface area contributed by atoms with Crippen molar-refractivity contribution in [3.8, 4) is 0 Å². The number of ether oxygens (including phenoxy) is 1. The minimum Gasteiger partial charge on any atom is -0.458 e. The van der Waals surface area contributed by atoms with E-state index in [-0.39, 0.29) is 47.9 Å². The van der Waals surface area contributed by atoms with Crippen LogP contribution in [0.15, 0.2) is 6.33 Å². The Morgan fingerprint density at radius 2 is 1.94 bits per heavy atom. The summed E-state index contributed by atoms with van der Waals surface area (Å²) in [4.78, 5) is 35.7. The molecule has 168 valence electrons. The van der Waals surface area contributed by atoms with Crippen LogP contribution in [0.2, 0.25) is 0 Å². The summed E-state index contributed by atoms with van der Waals surface area (Å²) >= 11 is 0. The number of nitrogens with one attached hydrogen (secondary N) is 1. The Morgan fingerprint density at radius 3 is 2.61 bits per heavy atom. The maximum Gasteiger partial charge on any atom is 0.307 e. The molecule has 1 aromatic heterocycles. The van der Waals surface area contributed by atoms with Gasteiger partial charge in [0.25, 0.3) is 0 Å². The molecule has 2 saturated carbocycles. The second kappa shape index (κ2) is 8.02. The molecular weight excluding hydrogens is 399 g/mol. The minimum absolute atomic E-state index is 0.0374. The molecule has 8 heteroatoms. The molecule has 1 spiro atoms. The van der Waals surface area contributed by atoms with E-state index >= 15 is 0 Å². The molecule has 2 bridgehead atoms. The second-order valence-electron chi connectivity index (χ2n) is 9.70. The lowest BCUT2D eigenvalue weighted by Gasteiger charge is -2.41. The van der Waals surface area contributed by atoms with Crippen LogP contribution in [0.25, 0.3) is 0 Å². The average Bonchev–Trinajstić information content (AvgIpc) is 3.19. The number of hydrogen-bond donors (Lipinski definition) is 1. The van der Waals surface area contributed by atoms with Gasteiger partial charge in [-0.05, 0) is 56.8 Å². The van der Waals surface area contributed by atoms with Crippen LogP contribution in [-0.4, -0.2) is 46.6 Å². The molecule has 0 aromatic carbocycles. The minimum atomic E-state index is -0.597. The number of piperidine rings is 1. The monoisotopic (exact) mass is 430 g/mol. The number of hydrogen-bond acceptors (Lipinski definition) is 6. The predicted molar refractivity (Wildman–Crippen MR) is 112 cm³/mol. The van der Waals surface area contributed by atoms with Crippen LogP contribution in [0, 0.1) is 23.6 Å². The van der Waals surface area contributed by atoms with Crippen LogP contribution in [0.1, 0.15) is 64.0 Å². The van der Waals surface area contributed by atoms with Gasteiger partial charge in [-0.3, -0.25) is 9.59 Å². The molecule has 4 fully saturated rings. The maximum atomic E-state index is 14.8. The molecule has 2 aliphatic carbocycles. The topological polar surface area (TPSA) is 84.4 Å². The van der Waals surface area contributed by atoms with Crippen molar-refractivity contribution in [2.24, 2.45) is 17.8 Å². The van der Waals surface area contributed by atoms with Gasteiger partial charge in [-0.1, -0.05) is 13.3 Å². The molecule has 2 aliphatic heterocycles. The molecule has 5 rings (SSSR count). The van der Waals surface area contributed by atoms with Gasteiger partial charge in [-0.15, -0.1) is 0 Å². The first kappa shape index (κ1) is 20.6. The van der Waals surface area contributed by atoms with E-state index in [0.29, 0.717) is 31.0 Å². The third kappa shape index (κ3) is 3.57. The highest BCUT2D eigenvalue weighted by Gasteiger charge is 2.54. The summed E-state index contributed by atoms with van der Waals surface area (Å²) in [5.41, 5.74) is -0.156. The summed E-state index contributed by atoms with van der Waals surface area (Å²) in [5, 5.41) is 3.30. The van der Waals surface area contributed by atoms with Gasteiger partial charge >= 0.3 is 5.97 Å². The molecule has 4 aliphatic rings. The fourth-order valence-corrected chi connectivity index (χ4v) is 6.38. The molecular formula is C23H31FN4O3. The van der Waals surface area contributed by atoms with Crippen LogP contribution >= 0.6 is 0 Å². The Balaban J connectivity index is 1.29. The Morgan fingerprint density at radius 1 is 1.23 bits per heavy atom. The number of aryl methyl sites for hydroxylation is 1. The Bertz CT molecular complexity index is 858. The summed E-state index contributed by atoms with van der Waals surface area (Å²) in [6.45, 7) is 3.23. The number of rotatable bonds is 4. The number of fused-ring (bicyclic) bond motifs is 2. The molecule has 1 N–H and O–H groups in total. The largest absolute Gasteiger partial charge is 0.458 e. The average molecular weight is 431 g/mol. The normalized spacial score (nSPS) is 31.7. The number of aromatic nitrogens is 2. The summed E-state index contributed by atoms with van der Waals surface area (Å²) in [6.07, 6.45) is 8.88. The van der Waals surface area contributed by atoms with Crippen molar-refractivity contribution in [1.82, 2.24) is 15.3 Å². The Kier molecular flexibility index (Phi) is 5.34. The van der Waals surface area contributed by atoms with Crippen LogP contribution in [0.5, 0.6) is 0 Å². The summed E-state index contributed by atoms with van der Waals surface area (Å²) < 4.78 is 20.5. The van der Waals surface area contributed by atoms with Crippen molar-refractivity contribution >= 4 is 17.7 Å². The first-order valence-corrected chi connectivity index (χ1v) is 11.8. The zero-order chi connectivity index (χ0) is 21.6. The zero-order valence-electron chi connectivity index (χ0n) is 18.1. The molecule has 1 aromatic rings. The third-order valence-electron chi connectivity index (χ3n) is 7.96. The fourth-order valence-electron chi connectivity index (χ4n) is 6.38. The standard InChI is InChI=1S/C23H31FN4O3/c1-2-17-19(24)21(26-13-25-17)28-11-14-6-7-15(12-28)20(14)27-22(30)16-10-18(29)31-23(16)8-4-3-5-9-23/h13-16,20H,2-12H2,1H3,(H,27,30)/t14-,15+,16?,20?. The van der Waals surface area contributed by atoms with Gasteiger partial charge in [0.2, 0.25) is 5.91 Å². The number of amides is 1. The van der Waals surface area contributed by atoms with E-state index in [1.165, 1.54) is 6.33 Å². The highest BCUT2D eigenvalue weighted by molar-refractivity contribution is 5.88. The molecule has 2 saturated heterocycles. The van der Waals surface area contributed by atoms with E-state index in [1.807, 2.05) is 11.8 Å². The van der Waals surface area contributed by atoms with Crippen molar-refractivity contribution in [1.29, 1.82) is 0 Å². The molecule has 3 heterocycles. The smallest absolute Gasteiger partial charge is 0.307 e. The summed E-state index contributed by atoms with van der Waals surface area (Å²) in [7, 11) is 0. The maximum absolute atomic E-state index is 14.8. The van der Waals surface area contributed by atoms with Gasteiger partial charge in [0.05, 0.1) is 18.0 Å². The molecule has 1 amide bonds. The van der Waals surface area contributed by atoms with Crippen LogP contribution in [0.4, 0.5) is 10.2 Å². The SMILES string of the molecule is CCc1ncnc(N2C[C@H]3CC[C@@H](C2)C3NC(=O)C2CC(=O)OC23CCCCC3)c1F. The third-order valence-corrected chi connectivity index (χ3v) is 7.96.